The maximum absolute atomic E-state index is 9.53. The van der Waals surface area contributed by atoms with Crippen molar-refractivity contribution in [1.29, 1.82) is 0 Å². The standard InChI is InChI=1S/4C3H7O.O.W/c4*1-3(2)4;;/h4*3H,1-2H3;;/q4*-1;;+4. The Morgan fingerprint density at radius 2 is 0.500 bits per heavy atom. The Morgan fingerprint density at radius 1 is 0.500 bits per heavy atom. The van der Waals surface area contributed by atoms with Crippen LogP contribution in [-0.4, -0.2) is 24.4 Å². The summed E-state index contributed by atoms with van der Waals surface area (Å²) in [5.41, 5.74) is 0. The fraction of sp³-hybridized carbons (Fsp3) is 1.00. The molecular formula is C12H28O5W. The van der Waals surface area contributed by atoms with Gasteiger partial charge in [-0.05, 0) is 0 Å². The Balaban J connectivity index is -0.0000000399. The van der Waals surface area contributed by atoms with E-state index in [2.05, 4.69) is 0 Å². The van der Waals surface area contributed by atoms with Crippen LogP contribution < -0.4 is 20.4 Å². The van der Waals surface area contributed by atoms with Crippen LogP contribution in [0.2, 0.25) is 0 Å². The van der Waals surface area contributed by atoms with Gasteiger partial charge < -0.3 is 20.4 Å². The molecule has 0 aromatic carbocycles. The molecule has 0 spiro atoms. The minimum absolute atomic E-state index is 0.333. The summed E-state index contributed by atoms with van der Waals surface area (Å²) in [6.45, 7) is 12.9. The van der Waals surface area contributed by atoms with Gasteiger partial charge in [0, 0.05) is 0 Å². The van der Waals surface area contributed by atoms with Crippen LogP contribution in [-0.2, 0) is 23.2 Å². The first-order valence-electron chi connectivity index (χ1n) is 5.73. The number of hydrogen-bond acceptors (Lipinski definition) is 5. The molecule has 0 bridgehead atoms. The van der Waals surface area contributed by atoms with Gasteiger partial charge in [0.25, 0.3) is 0 Å². The summed E-state index contributed by atoms with van der Waals surface area (Å²) in [6.07, 6.45) is -1.67. The van der Waals surface area contributed by atoms with Crippen molar-refractivity contribution in [3.63, 3.8) is 0 Å². The number of hydrogen-bond donors (Lipinski definition) is 0. The molecule has 18 heavy (non-hydrogen) atoms. The fourth-order valence-corrected chi connectivity index (χ4v) is 0. The molecule has 0 unspecified atom stereocenters. The van der Waals surface area contributed by atoms with E-state index >= 15 is 0 Å². The van der Waals surface area contributed by atoms with Gasteiger partial charge >= 0.3 is 23.2 Å². The third-order valence-electron chi connectivity index (χ3n) is 0. The Bertz CT molecular complexity index is 73.6. The molecule has 0 N–H and O–H groups in total. The van der Waals surface area contributed by atoms with Crippen LogP contribution in [0.1, 0.15) is 55.4 Å². The van der Waals surface area contributed by atoms with Crippen molar-refractivity contribution in [3.05, 3.63) is 0 Å². The van der Waals surface area contributed by atoms with Gasteiger partial charge in [0.15, 0.2) is 0 Å². The molecule has 0 aliphatic carbocycles. The maximum atomic E-state index is 9.53. The summed E-state index contributed by atoms with van der Waals surface area (Å²) < 4.78 is 8.33. The molecule has 0 rings (SSSR count). The zero-order valence-electron chi connectivity index (χ0n) is 12.8. The zero-order valence-corrected chi connectivity index (χ0v) is 15.7. The van der Waals surface area contributed by atoms with Crippen molar-refractivity contribution in [1.82, 2.24) is 0 Å². The summed E-state index contributed by atoms with van der Waals surface area (Å²) in [5, 5.41) is 38.1. The molecule has 6 heteroatoms. The monoisotopic (exact) mass is 436 g/mol. The van der Waals surface area contributed by atoms with E-state index in [0.717, 1.165) is 0 Å². The molecule has 0 saturated carbocycles. The van der Waals surface area contributed by atoms with E-state index in [1.54, 1.807) is 55.4 Å². The molecule has 5 nitrogen and oxygen atoms in total. The van der Waals surface area contributed by atoms with E-state index in [1.807, 2.05) is 0 Å². The van der Waals surface area contributed by atoms with E-state index in [-0.39, 0.29) is 0 Å². The van der Waals surface area contributed by atoms with Gasteiger partial charge in [-0.3, -0.25) is 0 Å². The van der Waals surface area contributed by atoms with Gasteiger partial charge in [-0.1, -0.05) is 55.4 Å². The molecule has 112 valence electrons. The molecule has 0 heterocycles. The van der Waals surface area contributed by atoms with Gasteiger partial charge in [0.05, 0.1) is 0 Å². The first kappa shape index (κ1) is 31.0. The Hall–Kier alpha value is 0.328. The van der Waals surface area contributed by atoms with Gasteiger partial charge in [-0.2, -0.15) is 0 Å². The van der Waals surface area contributed by atoms with E-state index < -0.39 is 24.4 Å². The second-order valence-corrected chi connectivity index (χ2v) is 4.20. The van der Waals surface area contributed by atoms with Crippen LogP contribution in [0.25, 0.3) is 0 Å². The molecule has 0 amide bonds. The average molecular weight is 436 g/mol. The molecule has 0 saturated heterocycles. The molecule has 0 atom stereocenters. The molecule has 0 aliphatic heterocycles. The van der Waals surface area contributed by atoms with Crippen LogP contribution in [0.4, 0.5) is 0 Å². The van der Waals surface area contributed by atoms with Crippen molar-refractivity contribution in [2.45, 2.75) is 79.8 Å². The van der Waals surface area contributed by atoms with E-state index in [1.165, 1.54) is 0 Å². The van der Waals surface area contributed by atoms with Crippen molar-refractivity contribution >= 4 is 0 Å². The summed E-state index contributed by atoms with van der Waals surface area (Å²) >= 11 is 0.333. The molecule has 0 aromatic rings. The van der Waals surface area contributed by atoms with Crippen LogP contribution in [0.5, 0.6) is 0 Å². The van der Waals surface area contributed by atoms with Gasteiger partial charge in [0.2, 0.25) is 0 Å². The molecule has 0 aliphatic rings. The normalized spacial score (nSPS) is 8.33. The molecule has 0 aromatic heterocycles. The Kier molecular flexibility index (Phi) is 52.3. The van der Waals surface area contributed by atoms with E-state index in [4.69, 9.17) is 3.40 Å². The van der Waals surface area contributed by atoms with Crippen molar-refractivity contribution < 1.29 is 43.6 Å². The molecular weight excluding hydrogens is 408 g/mol. The Morgan fingerprint density at radius 3 is 0.500 bits per heavy atom. The van der Waals surface area contributed by atoms with E-state index in [0.29, 0.717) is 19.8 Å². The fourth-order valence-electron chi connectivity index (χ4n) is 0. The predicted molar refractivity (Wildman–Crippen MR) is 61.2 cm³/mol. The van der Waals surface area contributed by atoms with Crippen molar-refractivity contribution in [2.75, 3.05) is 0 Å². The van der Waals surface area contributed by atoms with Gasteiger partial charge in [-0.15, -0.1) is 24.4 Å². The van der Waals surface area contributed by atoms with Crippen LogP contribution >= 0.6 is 0 Å². The summed E-state index contributed by atoms with van der Waals surface area (Å²) in [7, 11) is 0. The van der Waals surface area contributed by atoms with Crippen molar-refractivity contribution in [3.8, 4) is 0 Å². The quantitative estimate of drug-likeness (QED) is 0.479. The molecule has 0 radical (unpaired) electrons. The topological polar surface area (TPSA) is 109 Å². The second-order valence-electron chi connectivity index (χ2n) is 4.20. The van der Waals surface area contributed by atoms with Gasteiger partial charge in [-0.25, -0.2) is 0 Å². The van der Waals surface area contributed by atoms with Gasteiger partial charge in [0.1, 0.15) is 0 Å². The molecule has 0 fully saturated rings. The van der Waals surface area contributed by atoms with Crippen molar-refractivity contribution in [2.24, 2.45) is 0 Å². The average Bonchev–Trinajstić information content (AvgIpc) is 2.01. The first-order chi connectivity index (χ1) is 7.93. The summed E-state index contributed by atoms with van der Waals surface area (Å²) in [4.78, 5) is 0. The second kappa shape index (κ2) is 30.4. The summed E-state index contributed by atoms with van der Waals surface area (Å²) in [5.74, 6) is 0. The van der Waals surface area contributed by atoms with E-state index in [9.17, 15) is 20.4 Å². The van der Waals surface area contributed by atoms with Crippen LogP contribution in [0, 0.1) is 0 Å². The third-order valence-corrected chi connectivity index (χ3v) is 0. The summed E-state index contributed by atoms with van der Waals surface area (Å²) in [6, 6.07) is 0. The number of rotatable bonds is 0. The minimum atomic E-state index is -0.417. The first-order valence-corrected chi connectivity index (χ1v) is 6.93. The third kappa shape index (κ3) is 35600. The van der Waals surface area contributed by atoms with Crippen LogP contribution in [0.3, 0.4) is 0 Å². The SMILES string of the molecule is CC(C)[O-].CC(C)[O-].CC(C)[O-].CC(C)[O-].[O]=[W+4]. The predicted octanol–water partition coefficient (Wildman–Crippen LogP) is -1.10. The zero-order chi connectivity index (χ0) is 16.3. The van der Waals surface area contributed by atoms with Crippen LogP contribution in [0.15, 0.2) is 0 Å². The Labute approximate surface area is 123 Å².